The minimum atomic E-state index is -4.98. The van der Waals surface area contributed by atoms with Crippen molar-refractivity contribution in [2.45, 2.75) is 10.6 Å². The maximum Gasteiger partial charge on any atom is 0.200 e. The molecule has 24 heavy (non-hydrogen) atoms. The Kier molecular flexibility index (Phi) is 4.79. The molecule has 0 fully saturated rings. The van der Waals surface area contributed by atoms with Gasteiger partial charge in [-0.05, 0) is 17.7 Å². The van der Waals surface area contributed by atoms with Gasteiger partial charge in [-0.1, -0.05) is 6.07 Å². The molecule has 0 spiro atoms. The number of sulfone groups is 1. The molecule has 0 aliphatic carbocycles. The fraction of sp³-hybridized carbons (Fsp3) is 0.143. The molecule has 0 amide bonds. The van der Waals surface area contributed by atoms with Gasteiger partial charge in [0, 0.05) is 0 Å². The molecular formula is C14H8F6O3S. The summed E-state index contributed by atoms with van der Waals surface area (Å²) >= 11 is 0. The SMILES string of the molecule is COc1ccc(CS(=O)(=O)c2c(F)c(F)c(F)c(F)c2F)cc1F. The Morgan fingerprint density at radius 3 is 1.83 bits per heavy atom. The number of benzene rings is 2. The molecule has 0 bridgehead atoms. The van der Waals surface area contributed by atoms with Crippen molar-refractivity contribution in [3.05, 3.63) is 58.7 Å². The molecule has 2 aromatic rings. The third-order valence-electron chi connectivity index (χ3n) is 3.05. The monoisotopic (exact) mass is 370 g/mol. The molecule has 3 nitrogen and oxygen atoms in total. The van der Waals surface area contributed by atoms with Gasteiger partial charge >= 0.3 is 0 Å². The topological polar surface area (TPSA) is 43.4 Å². The van der Waals surface area contributed by atoms with Crippen molar-refractivity contribution in [3.63, 3.8) is 0 Å². The molecular weight excluding hydrogens is 362 g/mol. The van der Waals surface area contributed by atoms with Gasteiger partial charge in [-0.3, -0.25) is 0 Å². The van der Waals surface area contributed by atoms with Gasteiger partial charge in [0.2, 0.25) is 5.82 Å². The average molecular weight is 370 g/mol. The Morgan fingerprint density at radius 1 is 0.875 bits per heavy atom. The zero-order valence-corrected chi connectivity index (χ0v) is 12.7. The van der Waals surface area contributed by atoms with E-state index in [4.69, 9.17) is 0 Å². The molecule has 130 valence electrons. The second kappa shape index (κ2) is 6.34. The average Bonchev–Trinajstić information content (AvgIpc) is 2.50. The first kappa shape index (κ1) is 18.1. The van der Waals surface area contributed by atoms with Crippen LogP contribution in [0, 0.1) is 34.9 Å². The Labute approximate surface area is 132 Å². The molecule has 0 aromatic heterocycles. The number of halogens is 6. The zero-order valence-electron chi connectivity index (χ0n) is 11.8. The molecule has 2 aromatic carbocycles. The summed E-state index contributed by atoms with van der Waals surface area (Å²) in [5.74, 6) is -14.5. The summed E-state index contributed by atoms with van der Waals surface area (Å²) in [6.07, 6.45) is 0. The predicted molar refractivity (Wildman–Crippen MR) is 70.1 cm³/mol. The molecule has 0 saturated heterocycles. The molecule has 0 N–H and O–H groups in total. The van der Waals surface area contributed by atoms with Gasteiger partial charge in [-0.15, -0.1) is 0 Å². The number of ether oxygens (including phenoxy) is 1. The highest BCUT2D eigenvalue weighted by Gasteiger charge is 2.33. The van der Waals surface area contributed by atoms with E-state index < -0.39 is 55.4 Å². The van der Waals surface area contributed by atoms with Crippen LogP contribution in [0.4, 0.5) is 26.3 Å². The number of rotatable bonds is 4. The van der Waals surface area contributed by atoms with Gasteiger partial charge in [0.15, 0.2) is 44.7 Å². The van der Waals surface area contributed by atoms with E-state index in [0.29, 0.717) is 6.07 Å². The molecule has 0 unspecified atom stereocenters. The van der Waals surface area contributed by atoms with Crippen molar-refractivity contribution in [2.24, 2.45) is 0 Å². The first-order valence-electron chi connectivity index (χ1n) is 6.16. The van der Waals surface area contributed by atoms with E-state index in [9.17, 15) is 34.8 Å². The Bertz CT molecular complexity index is 882. The van der Waals surface area contributed by atoms with E-state index in [2.05, 4.69) is 4.74 Å². The van der Waals surface area contributed by atoms with Crippen molar-refractivity contribution >= 4 is 9.84 Å². The van der Waals surface area contributed by atoms with Gasteiger partial charge in [0.25, 0.3) is 0 Å². The van der Waals surface area contributed by atoms with Gasteiger partial charge < -0.3 is 4.74 Å². The minimum Gasteiger partial charge on any atom is -0.494 e. The van der Waals surface area contributed by atoms with Crippen LogP contribution in [-0.4, -0.2) is 15.5 Å². The minimum absolute atomic E-state index is 0.215. The van der Waals surface area contributed by atoms with Crippen LogP contribution in [0.15, 0.2) is 23.1 Å². The summed E-state index contributed by atoms with van der Waals surface area (Å²) < 4.78 is 109. The summed E-state index contributed by atoms with van der Waals surface area (Å²) in [5, 5.41) is 0. The smallest absolute Gasteiger partial charge is 0.200 e. The summed E-state index contributed by atoms with van der Waals surface area (Å²) in [7, 11) is -3.82. The zero-order chi connectivity index (χ0) is 18.2. The highest BCUT2D eigenvalue weighted by Crippen LogP contribution is 2.29. The Balaban J connectivity index is 2.55. The van der Waals surface area contributed by atoms with Crippen LogP contribution in [0.3, 0.4) is 0 Å². The lowest BCUT2D eigenvalue weighted by Crippen LogP contribution is -2.15. The molecule has 0 saturated carbocycles. The van der Waals surface area contributed by atoms with Gasteiger partial charge in [0.1, 0.15) is 4.90 Å². The van der Waals surface area contributed by atoms with Crippen LogP contribution in [0.2, 0.25) is 0 Å². The fourth-order valence-corrected chi connectivity index (χ4v) is 3.44. The van der Waals surface area contributed by atoms with Crippen molar-refractivity contribution in [2.75, 3.05) is 7.11 Å². The lowest BCUT2D eigenvalue weighted by atomic mass is 10.2. The van der Waals surface area contributed by atoms with E-state index in [0.717, 1.165) is 19.2 Å². The molecule has 0 heterocycles. The molecule has 0 aliphatic heterocycles. The molecule has 10 heteroatoms. The lowest BCUT2D eigenvalue weighted by Gasteiger charge is -2.10. The predicted octanol–water partition coefficient (Wildman–Crippen LogP) is 3.50. The normalized spacial score (nSPS) is 11.6. The quantitative estimate of drug-likeness (QED) is 0.358. The van der Waals surface area contributed by atoms with E-state index in [1.165, 1.54) is 0 Å². The second-order valence-electron chi connectivity index (χ2n) is 4.63. The number of hydrogen-bond donors (Lipinski definition) is 0. The highest BCUT2D eigenvalue weighted by molar-refractivity contribution is 7.90. The fourth-order valence-electron chi connectivity index (χ4n) is 1.95. The molecule has 2 rings (SSSR count). The van der Waals surface area contributed by atoms with Crippen LogP contribution < -0.4 is 4.74 Å². The van der Waals surface area contributed by atoms with Crippen LogP contribution in [0.5, 0.6) is 5.75 Å². The Morgan fingerprint density at radius 2 is 1.38 bits per heavy atom. The number of hydrogen-bond acceptors (Lipinski definition) is 3. The van der Waals surface area contributed by atoms with Crippen molar-refractivity contribution in [1.29, 1.82) is 0 Å². The van der Waals surface area contributed by atoms with Gasteiger partial charge in [-0.2, -0.15) is 0 Å². The first-order chi connectivity index (χ1) is 11.1. The Hall–Kier alpha value is -2.23. The molecule has 0 radical (unpaired) electrons. The van der Waals surface area contributed by atoms with Gasteiger partial charge in [-0.25, -0.2) is 34.8 Å². The second-order valence-corrected chi connectivity index (χ2v) is 6.55. The molecule has 0 aliphatic rings. The summed E-state index contributed by atoms with van der Waals surface area (Å²) in [4.78, 5) is -1.96. The van der Waals surface area contributed by atoms with Crippen LogP contribution in [0.1, 0.15) is 5.56 Å². The third kappa shape index (κ3) is 3.05. The maximum atomic E-state index is 13.6. The third-order valence-corrected chi connectivity index (χ3v) is 4.75. The van der Waals surface area contributed by atoms with E-state index in [-0.39, 0.29) is 11.3 Å². The standard InChI is InChI=1S/C14H8F6O3S/c1-23-8-3-2-6(4-7(8)15)5-24(21,22)14-12(19)10(17)9(16)11(18)13(14)20/h2-4H,5H2,1H3. The maximum absolute atomic E-state index is 13.6. The van der Waals surface area contributed by atoms with E-state index >= 15 is 0 Å². The first-order valence-corrected chi connectivity index (χ1v) is 7.82. The highest BCUT2D eigenvalue weighted by atomic mass is 32.2. The van der Waals surface area contributed by atoms with Crippen molar-refractivity contribution in [1.82, 2.24) is 0 Å². The molecule has 0 atom stereocenters. The summed E-state index contributed by atoms with van der Waals surface area (Å²) in [6.45, 7) is 0. The lowest BCUT2D eigenvalue weighted by molar-refractivity contribution is 0.357. The van der Waals surface area contributed by atoms with Crippen LogP contribution in [0.25, 0.3) is 0 Å². The van der Waals surface area contributed by atoms with Gasteiger partial charge in [0.05, 0.1) is 12.9 Å². The van der Waals surface area contributed by atoms with Crippen molar-refractivity contribution in [3.8, 4) is 5.75 Å². The number of methoxy groups -OCH3 is 1. The summed E-state index contributed by atoms with van der Waals surface area (Å²) in [6, 6.07) is 2.84. The largest absolute Gasteiger partial charge is 0.494 e. The van der Waals surface area contributed by atoms with Crippen molar-refractivity contribution < 1.29 is 39.5 Å². The van der Waals surface area contributed by atoms with E-state index in [1.807, 2.05) is 0 Å². The van der Waals surface area contributed by atoms with E-state index in [1.54, 1.807) is 0 Å². The summed E-state index contributed by atoms with van der Waals surface area (Å²) in [5.41, 5.74) is -0.266. The van der Waals surface area contributed by atoms with Crippen LogP contribution >= 0.6 is 0 Å². The van der Waals surface area contributed by atoms with Crippen LogP contribution in [-0.2, 0) is 15.6 Å².